The Bertz CT molecular complexity index is 826. The van der Waals surface area contributed by atoms with Crippen LogP contribution in [0.5, 0.6) is 0 Å². The predicted octanol–water partition coefficient (Wildman–Crippen LogP) is 5.82. The van der Waals surface area contributed by atoms with Gasteiger partial charge in [0.1, 0.15) is 0 Å². The molecule has 1 nitrogen and oxygen atoms in total. The minimum Gasteiger partial charge on any atom is -0.398 e. The molecule has 0 saturated heterocycles. The molecule has 0 aliphatic carbocycles. The van der Waals surface area contributed by atoms with E-state index >= 15 is 0 Å². The second kappa shape index (κ2) is 6.52. The van der Waals surface area contributed by atoms with Crippen LogP contribution in [-0.2, 0) is 11.8 Å². The molecule has 0 unspecified atom stereocenters. The Labute approximate surface area is 145 Å². The third kappa shape index (κ3) is 3.51. The molecular formula is C23H25N. The van der Waals surface area contributed by atoms with Crippen LogP contribution in [0.3, 0.4) is 0 Å². The Morgan fingerprint density at radius 1 is 0.750 bits per heavy atom. The summed E-state index contributed by atoms with van der Waals surface area (Å²) in [5.41, 5.74) is 13.6. The molecule has 0 aromatic heterocycles. The third-order valence-corrected chi connectivity index (χ3v) is 4.46. The highest BCUT2D eigenvalue weighted by molar-refractivity contribution is 5.79. The standard InChI is InChI=1S/C23H25N/c1-23(2,3)19-13-14-22(24)21(16-19)20-12-8-7-11-18(20)15-17-9-5-4-6-10-17/h4-14,16H,15,24H2,1-3H3. The Morgan fingerprint density at radius 2 is 1.42 bits per heavy atom. The predicted molar refractivity (Wildman–Crippen MR) is 104 cm³/mol. The first-order valence-electron chi connectivity index (χ1n) is 8.47. The molecule has 0 heterocycles. The maximum atomic E-state index is 6.33. The first kappa shape index (κ1) is 16.3. The lowest BCUT2D eigenvalue weighted by Crippen LogP contribution is -2.11. The fourth-order valence-corrected chi connectivity index (χ4v) is 3.01. The molecule has 0 fully saturated rings. The topological polar surface area (TPSA) is 26.0 Å². The van der Waals surface area contributed by atoms with Crippen molar-refractivity contribution in [2.75, 3.05) is 5.73 Å². The molecule has 0 aliphatic rings. The summed E-state index contributed by atoms with van der Waals surface area (Å²) in [4.78, 5) is 0. The highest BCUT2D eigenvalue weighted by Gasteiger charge is 2.16. The first-order valence-corrected chi connectivity index (χ1v) is 8.47. The average Bonchev–Trinajstić information content (AvgIpc) is 2.56. The van der Waals surface area contributed by atoms with E-state index < -0.39 is 0 Å². The van der Waals surface area contributed by atoms with Gasteiger partial charge in [-0.1, -0.05) is 81.4 Å². The number of nitrogens with two attached hydrogens (primary N) is 1. The van der Waals surface area contributed by atoms with Crippen molar-refractivity contribution >= 4 is 5.69 Å². The minimum atomic E-state index is 0.108. The number of hydrogen-bond acceptors (Lipinski definition) is 1. The summed E-state index contributed by atoms with van der Waals surface area (Å²) in [6.07, 6.45) is 0.913. The first-order chi connectivity index (χ1) is 11.4. The van der Waals surface area contributed by atoms with Gasteiger partial charge in [-0.05, 0) is 46.2 Å². The van der Waals surface area contributed by atoms with Gasteiger partial charge in [0.2, 0.25) is 0 Å². The zero-order valence-electron chi connectivity index (χ0n) is 14.7. The Hall–Kier alpha value is -2.54. The number of benzene rings is 3. The average molecular weight is 315 g/mol. The van der Waals surface area contributed by atoms with Crippen molar-refractivity contribution in [3.8, 4) is 11.1 Å². The third-order valence-electron chi connectivity index (χ3n) is 4.46. The zero-order valence-corrected chi connectivity index (χ0v) is 14.7. The largest absolute Gasteiger partial charge is 0.398 e. The SMILES string of the molecule is CC(C)(C)c1ccc(N)c(-c2ccccc2Cc2ccccc2)c1. The van der Waals surface area contributed by atoms with E-state index in [2.05, 4.69) is 87.5 Å². The minimum absolute atomic E-state index is 0.108. The van der Waals surface area contributed by atoms with E-state index in [9.17, 15) is 0 Å². The van der Waals surface area contributed by atoms with E-state index in [0.717, 1.165) is 17.7 Å². The van der Waals surface area contributed by atoms with E-state index in [1.807, 2.05) is 6.07 Å². The molecule has 0 amide bonds. The molecule has 0 spiro atoms. The van der Waals surface area contributed by atoms with Gasteiger partial charge in [-0.25, -0.2) is 0 Å². The molecule has 2 N–H and O–H groups in total. The van der Waals surface area contributed by atoms with E-state index in [0.29, 0.717) is 0 Å². The number of nitrogen functional groups attached to an aromatic ring is 1. The van der Waals surface area contributed by atoms with E-state index in [1.165, 1.54) is 22.3 Å². The Balaban J connectivity index is 2.07. The summed E-state index contributed by atoms with van der Waals surface area (Å²) in [6.45, 7) is 6.70. The smallest absolute Gasteiger partial charge is 0.0394 e. The number of rotatable bonds is 3. The molecule has 0 saturated carbocycles. The highest BCUT2D eigenvalue weighted by Crippen LogP contribution is 2.34. The van der Waals surface area contributed by atoms with Crippen LogP contribution in [0.1, 0.15) is 37.5 Å². The molecular weight excluding hydrogens is 290 g/mol. The summed E-state index contributed by atoms with van der Waals surface area (Å²) in [7, 11) is 0. The fraction of sp³-hybridized carbons (Fsp3) is 0.217. The maximum absolute atomic E-state index is 6.33. The van der Waals surface area contributed by atoms with E-state index in [1.54, 1.807) is 0 Å². The van der Waals surface area contributed by atoms with Gasteiger partial charge in [-0.2, -0.15) is 0 Å². The van der Waals surface area contributed by atoms with Crippen LogP contribution in [0.4, 0.5) is 5.69 Å². The molecule has 1 heteroatoms. The Kier molecular flexibility index (Phi) is 4.44. The maximum Gasteiger partial charge on any atom is 0.0394 e. The molecule has 0 bridgehead atoms. The lowest BCUT2D eigenvalue weighted by Gasteiger charge is -2.21. The van der Waals surface area contributed by atoms with Gasteiger partial charge in [-0.15, -0.1) is 0 Å². The molecule has 0 aliphatic heterocycles. The second-order valence-corrected chi connectivity index (χ2v) is 7.37. The van der Waals surface area contributed by atoms with Crippen LogP contribution in [-0.4, -0.2) is 0 Å². The van der Waals surface area contributed by atoms with Crippen LogP contribution in [0.25, 0.3) is 11.1 Å². The molecule has 3 aromatic rings. The van der Waals surface area contributed by atoms with Crippen molar-refractivity contribution in [1.82, 2.24) is 0 Å². The van der Waals surface area contributed by atoms with Gasteiger partial charge < -0.3 is 5.73 Å². The van der Waals surface area contributed by atoms with Gasteiger partial charge in [0, 0.05) is 11.3 Å². The van der Waals surface area contributed by atoms with E-state index in [4.69, 9.17) is 5.73 Å². The van der Waals surface area contributed by atoms with Crippen LogP contribution in [0.2, 0.25) is 0 Å². The summed E-state index contributed by atoms with van der Waals surface area (Å²) in [5, 5.41) is 0. The van der Waals surface area contributed by atoms with Gasteiger partial charge >= 0.3 is 0 Å². The molecule has 3 aromatic carbocycles. The molecule has 122 valence electrons. The molecule has 24 heavy (non-hydrogen) atoms. The summed E-state index contributed by atoms with van der Waals surface area (Å²) < 4.78 is 0. The van der Waals surface area contributed by atoms with Crippen molar-refractivity contribution < 1.29 is 0 Å². The van der Waals surface area contributed by atoms with Crippen LogP contribution in [0, 0.1) is 0 Å². The summed E-state index contributed by atoms with van der Waals surface area (Å²) in [5.74, 6) is 0. The van der Waals surface area contributed by atoms with Gasteiger partial charge in [0.25, 0.3) is 0 Å². The molecule has 0 radical (unpaired) electrons. The monoisotopic (exact) mass is 315 g/mol. The zero-order chi connectivity index (χ0) is 17.2. The number of anilines is 1. The van der Waals surface area contributed by atoms with Gasteiger partial charge in [0.15, 0.2) is 0 Å². The van der Waals surface area contributed by atoms with Gasteiger partial charge in [-0.3, -0.25) is 0 Å². The van der Waals surface area contributed by atoms with Crippen molar-refractivity contribution in [3.63, 3.8) is 0 Å². The summed E-state index contributed by atoms with van der Waals surface area (Å²) in [6, 6.07) is 25.6. The van der Waals surface area contributed by atoms with Crippen LogP contribution < -0.4 is 5.73 Å². The van der Waals surface area contributed by atoms with E-state index in [-0.39, 0.29) is 5.41 Å². The normalized spacial score (nSPS) is 11.5. The quantitative estimate of drug-likeness (QED) is 0.605. The van der Waals surface area contributed by atoms with Gasteiger partial charge in [0.05, 0.1) is 0 Å². The molecule has 0 atom stereocenters. The van der Waals surface area contributed by atoms with Crippen molar-refractivity contribution in [1.29, 1.82) is 0 Å². The van der Waals surface area contributed by atoms with Crippen molar-refractivity contribution in [2.45, 2.75) is 32.6 Å². The Morgan fingerprint density at radius 3 is 2.12 bits per heavy atom. The lowest BCUT2D eigenvalue weighted by atomic mass is 9.84. The second-order valence-electron chi connectivity index (χ2n) is 7.37. The van der Waals surface area contributed by atoms with Crippen LogP contribution in [0.15, 0.2) is 72.8 Å². The van der Waals surface area contributed by atoms with Crippen molar-refractivity contribution in [3.05, 3.63) is 89.5 Å². The fourth-order valence-electron chi connectivity index (χ4n) is 3.01. The highest BCUT2D eigenvalue weighted by atomic mass is 14.6. The summed E-state index contributed by atoms with van der Waals surface area (Å²) >= 11 is 0. The molecule has 3 rings (SSSR count). The lowest BCUT2D eigenvalue weighted by molar-refractivity contribution is 0.590. The number of hydrogen-bond donors (Lipinski definition) is 1. The van der Waals surface area contributed by atoms with Crippen LogP contribution >= 0.6 is 0 Å². The van der Waals surface area contributed by atoms with Crippen molar-refractivity contribution in [2.24, 2.45) is 0 Å².